The van der Waals surface area contributed by atoms with Crippen LogP contribution in [0.4, 0.5) is 0 Å². The van der Waals surface area contributed by atoms with E-state index in [4.69, 9.17) is 0 Å². The number of hydrogen-bond donors (Lipinski definition) is 0. The van der Waals surface area contributed by atoms with Crippen LogP contribution in [0.1, 0.15) is 20.3 Å². The Balaban J connectivity index is 3.29. The van der Waals surface area contributed by atoms with Crippen molar-refractivity contribution in [1.82, 2.24) is 0 Å². The number of carbonyl (C=O) groups excluding carboxylic acids is 1. The van der Waals surface area contributed by atoms with Gasteiger partial charge in [-0.3, -0.25) is 14.3 Å². The molecule has 1 rings (SSSR count). The molecule has 0 aromatic carbocycles. The van der Waals surface area contributed by atoms with Gasteiger partial charge >= 0.3 is 10.8 Å². The van der Waals surface area contributed by atoms with Gasteiger partial charge in [-0.2, -0.15) is 0 Å². The molecule has 0 bridgehead atoms. The molecule has 16 heavy (non-hydrogen) atoms. The molecule has 0 saturated heterocycles. The van der Waals surface area contributed by atoms with E-state index < -0.39 is 26.6 Å². The Morgan fingerprint density at radius 1 is 1.50 bits per heavy atom. The van der Waals surface area contributed by atoms with E-state index in [-0.39, 0.29) is 12.2 Å². The Morgan fingerprint density at radius 3 is 2.50 bits per heavy atom. The molecular weight excluding hydrogens is 234 g/mol. The van der Waals surface area contributed by atoms with Crippen LogP contribution in [0.25, 0.3) is 0 Å². The Labute approximate surface area is 95.3 Å². The van der Waals surface area contributed by atoms with Crippen molar-refractivity contribution in [3.05, 3.63) is 21.3 Å². The number of rotatable bonds is 2. The van der Waals surface area contributed by atoms with Crippen LogP contribution in [-0.4, -0.2) is 32.8 Å². The molecule has 2 atom stereocenters. The molecule has 0 fully saturated rings. The smallest absolute Gasteiger partial charge is 0.398 e. The highest BCUT2D eigenvalue weighted by atomic mass is 32.2. The van der Waals surface area contributed by atoms with Crippen LogP contribution in [0.15, 0.2) is 11.1 Å². The molecule has 0 amide bonds. The minimum Gasteiger partial charge on any atom is -0.463 e. The zero-order valence-electron chi connectivity index (χ0n) is 9.31. The fraction of sp³-hybridized carbons (Fsp3) is 0.667. The van der Waals surface area contributed by atoms with Crippen LogP contribution in [-0.2, 0) is 20.3 Å². The lowest BCUT2D eigenvalue weighted by Crippen LogP contribution is -2.53. The second kappa shape index (κ2) is 4.32. The lowest BCUT2D eigenvalue weighted by molar-refractivity contribution is -0.526. The topological polar surface area (TPSA) is 86.5 Å². The van der Waals surface area contributed by atoms with Crippen molar-refractivity contribution < 1.29 is 18.7 Å². The number of esters is 1. The van der Waals surface area contributed by atoms with Crippen molar-refractivity contribution in [2.24, 2.45) is 0 Å². The maximum atomic E-state index is 11.8. The van der Waals surface area contributed by atoms with Crippen LogP contribution >= 0.6 is 0 Å². The molecule has 0 aromatic rings. The van der Waals surface area contributed by atoms with Crippen LogP contribution in [0.3, 0.4) is 0 Å². The molecule has 1 heterocycles. The van der Waals surface area contributed by atoms with Gasteiger partial charge in [-0.25, -0.2) is 4.79 Å². The highest BCUT2D eigenvalue weighted by Gasteiger charge is 2.60. The molecule has 1 aliphatic rings. The highest BCUT2D eigenvalue weighted by molar-refractivity contribution is 7.87. The summed E-state index contributed by atoms with van der Waals surface area (Å²) in [5.41, 5.74) is 1.56. The van der Waals surface area contributed by atoms with Crippen molar-refractivity contribution in [1.29, 1.82) is 0 Å². The Kier molecular flexibility index (Phi) is 3.47. The number of nitrogens with zero attached hydrogens (tertiary/aromatic N) is 1. The van der Waals surface area contributed by atoms with E-state index in [0.29, 0.717) is 0 Å². The van der Waals surface area contributed by atoms with E-state index in [1.165, 1.54) is 0 Å². The van der Waals surface area contributed by atoms with Gasteiger partial charge in [-0.1, -0.05) is 11.1 Å². The summed E-state index contributed by atoms with van der Waals surface area (Å²) in [5.74, 6) is -0.996. The van der Waals surface area contributed by atoms with Crippen molar-refractivity contribution in [2.45, 2.75) is 25.1 Å². The third-order valence-electron chi connectivity index (χ3n) is 2.76. The maximum Gasteiger partial charge on any atom is 0.398 e. The van der Waals surface area contributed by atoms with Crippen molar-refractivity contribution >= 4 is 16.8 Å². The summed E-state index contributed by atoms with van der Waals surface area (Å²) >= 11 is 0. The fourth-order valence-electron chi connectivity index (χ4n) is 1.58. The van der Waals surface area contributed by atoms with Crippen LogP contribution in [0.2, 0.25) is 0 Å². The first-order chi connectivity index (χ1) is 7.36. The standard InChI is InChI=1S/C9H13NO5S/c1-6-4-9(10(12)13,8(11)15-3)16(14)5-7(6)2/h4-5H2,1-3H3. The summed E-state index contributed by atoms with van der Waals surface area (Å²) in [5, 5.41) is 11.0. The monoisotopic (exact) mass is 247 g/mol. The van der Waals surface area contributed by atoms with Gasteiger partial charge in [0, 0.05) is 0 Å². The molecule has 7 heteroatoms. The van der Waals surface area contributed by atoms with E-state index in [1.54, 1.807) is 13.8 Å². The third-order valence-corrected chi connectivity index (χ3v) is 4.67. The van der Waals surface area contributed by atoms with E-state index in [0.717, 1.165) is 18.3 Å². The van der Waals surface area contributed by atoms with Gasteiger partial charge in [-0.05, 0) is 13.8 Å². The minimum absolute atomic E-state index is 0.0436. The van der Waals surface area contributed by atoms with E-state index in [9.17, 15) is 19.1 Å². The van der Waals surface area contributed by atoms with Gasteiger partial charge in [0.05, 0.1) is 24.2 Å². The molecular formula is C9H13NO5S. The van der Waals surface area contributed by atoms with Gasteiger partial charge < -0.3 is 4.74 Å². The van der Waals surface area contributed by atoms with Crippen LogP contribution in [0, 0.1) is 10.1 Å². The van der Waals surface area contributed by atoms with Gasteiger partial charge in [0.1, 0.15) is 10.8 Å². The average Bonchev–Trinajstić information content (AvgIpc) is 2.22. The normalized spacial score (nSPS) is 30.1. The van der Waals surface area contributed by atoms with Gasteiger partial charge in [0.15, 0.2) is 0 Å². The van der Waals surface area contributed by atoms with Crippen LogP contribution < -0.4 is 0 Å². The second-order valence-corrected chi connectivity index (χ2v) is 5.42. The summed E-state index contributed by atoms with van der Waals surface area (Å²) in [6.07, 6.45) is -0.148. The third kappa shape index (κ3) is 1.75. The number of methoxy groups -OCH3 is 1. The summed E-state index contributed by atoms with van der Waals surface area (Å²) in [7, 11) is -0.818. The SMILES string of the molecule is COC(=O)C1([N+](=O)[O-])CC(C)=C(C)CS1=O. The molecule has 0 saturated carbocycles. The predicted octanol–water partition coefficient (Wildman–Crippen LogP) is 0.621. The van der Waals surface area contributed by atoms with Gasteiger partial charge in [0.2, 0.25) is 0 Å². The molecule has 0 aromatic heterocycles. The molecule has 6 nitrogen and oxygen atoms in total. The summed E-state index contributed by atoms with van der Waals surface area (Å²) in [6.45, 7) is 3.46. The molecule has 0 spiro atoms. The van der Waals surface area contributed by atoms with E-state index in [1.807, 2.05) is 0 Å². The zero-order chi connectivity index (χ0) is 12.5. The van der Waals surface area contributed by atoms with Crippen molar-refractivity contribution in [2.75, 3.05) is 12.9 Å². The lowest BCUT2D eigenvalue weighted by atomic mass is 10.0. The van der Waals surface area contributed by atoms with E-state index >= 15 is 0 Å². The van der Waals surface area contributed by atoms with Gasteiger partial charge in [0.25, 0.3) is 0 Å². The Hall–Kier alpha value is -1.24. The number of ether oxygens (including phenoxy) is 1. The van der Waals surface area contributed by atoms with Crippen molar-refractivity contribution in [3.8, 4) is 0 Å². The fourth-order valence-corrected chi connectivity index (χ4v) is 3.27. The largest absolute Gasteiger partial charge is 0.463 e. The summed E-state index contributed by atoms with van der Waals surface area (Å²) < 4.78 is 16.3. The van der Waals surface area contributed by atoms with Gasteiger partial charge in [-0.15, -0.1) is 0 Å². The molecule has 0 radical (unpaired) electrons. The Morgan fingerprint density at radius 2 is 2.06 bits per heavy atom. The number of carbonyl (C=O) groups is 1. The van der Waals surface area contributed by atoms with Crippen molar-refractivity contribution in [3.63, 3.8) is 0 Å². The summed E-state index contributed by atoms with van der Waals surface area (Å²) in [6, 6.07) is 0. The maximum absolute atomic E-state index is 11.8. The molecule has 90 valence electrons. The number of hydrogen-bond acceptors (Lipinski definition) is 5. The van der Waals surface area contributed by atoms with E-state index in [2.05, 4.69) is 4.74 Å². The van der Waals surface area contributed by atoms with Crippen LogP contribution in [0.5, 0.6) is 0 Å². The first kappa shape index (κ1) is 12.8. The predicted molar refractivity (Wildman–Crippen MR) is 57.7 cm³/mol. The number of nitro groups is 1. The zero-order valence-corrected chi connectivity index (χ0v) is 10.1. The first-order valence-corrected chi connectivity index (χ1v) is 5.94. The average molecular weight is 247 g/mol. The first-order valence-electron chi connectivity index (χ1n) is 4.63. The molecule has 0 N–H and O–H groups in total. The summed E-state index contributed by atoms with van der Waals surface area (Å²) in [4.78, 5) is 19.6. The molecule has 0 aliphatic carbocycles. The molecule has 1 aliphatic heterocycles. The Bertz CT molecular complexity index is 403. The molecule has 2 unspecified atom stereocenters. The highest BCUT2D eigenvalue weighted by Crippen LogP contribution is 2.33. The minimum atomic E-state index is -2.13. The quantitative estimate of drug-likeness (QED) is 0.309. The second-order valence-electron chi connectivity index (χ2n) is 3.76. The lowest BCUT2D eigenvalue weighted by Gasteiger charge is -2.27.